The monoisotopic (exact) mass is 583 g/mol. The second-order valence-corrected chi connectivity index (χ2v) is 10.6. The molecule has 4 N–H and O–H groups in total. The summed E-state index contributed by atoms with van der Waals surface area (Å²) in [6.07, 6.45) is 0.652. The molecule has 0 unspecified atom stereocenters. The van der Waals surface area contributed by atoms with Gasteiger partial charge in [-0.3, -0.25) is 4.79 Å². The standard InChI is InChI=1S/C28H31BrClN5O2/c1-16-12-17(2)33-27(37-15-19-8-6-5-7-9-19)22(16)14-35-11-10-20-23(29)13-21(25(30)24(20)28(35)36)26(18(3)31)34(4)32/h5-9,12-13H,10-11,14-15,31-32H2,1-4H3/b26-18-. The second-order valence-electron chi connectivity index (χ2n) is 9.33. The van der Waals surface area contributed by atoms with Crippen LogP contribution in [-0.4, -0.2) is 34.4 Å². The van der Waals surface area contributed by atoms with Gasteiger partial charge in [0.15, 0.2) is 0 Å². The summed E-state index contributed by atoms with van der Waals surface area (Å²) in [5, 5.41) is 1.75. The van der Waals surface area contributed by atoms with Crippen molar-refractivity contribution in [2.24, 2.45) is 11.6 Å². The third-order valence-corrected chi connectivity index (χ3v) is 7.54. The summed E-state index contributed by atoms with van der Waals surface area (Å²) in [7, 11) is 1.69. The van der Waals surface area contributed by atoms with Crippen LogP contribution < -0.4 is 16.3 Å². The van der Waals surface area contributed by atoms with Crippen LogP contribution in [-0.2, 0) is 19.6 Å². The average Bonchev–Trinajstić information content (AvgIpc) is 2.83. The van der Waals surface area contributed by atoms with Crippen LogP contribution in [0.4, 0.5) is 0 Å². The predicted molar refractivity (Wildman–Crippen MR) is 151 cm³/mol. The molecular weight excluding hydrogens is 554 g/mol. The zero-order valence-electron chi connectivity index (χ0n) is 21.4. The molecule has 3 aromatic rings. The van der Waals surface area contributed by atoms with Crippen LogP contribution in [0.3, 0.4) is 0 Å². The lowest BCUT2D eigenvalue weighted by atomic mass is 9.94. The summed E-state index contributed by atoms with van der Waals surface area (Å²) in [4.78, 5) is 20.3. The van der Waals surface area contributed by atoms with Crippen molar-refractivity contribution in [2.45, 2.75) is 40.3 Å². The molecule has 1 aliphatic rings. The number of halogens is 2. The number of hydrogen-bond acceptors (Lipinski definition) is 6. The fraction of sp³-hybridized carbons (Fsp3) is 0.286. The number of rotatable bonds is 7. The first-order valence-electron chi connectivity index (χ1n) is 12.0. The summed E-state index contributed by atoms with van der Waals surface area (Å²) >= 11 is 10.5. The number of nitrogens with two attached hydrogens (primary N) is 2. The van der Waals surface area contributed by atoms with E-state index in [1.165, 1.54) is 5.01 Å². The van der Waals surface area contributed by atoms with Crippen molar-refractivity contribution in [3.63, 3.8) is 0 Å². The van der Waals surface area contributed by atoms with Crippen LogP contribution in [0.25, 0.3) is 5.70 Å². The smallest absolute Gasteiger partial charge is 0.256 e. The number of pyridine rings is 1. The SMILES string of the molecule is C/C(N)=C(\c1cc(Br)c2c(c1Cl)C(=O)N(Cc1c(C)cc(C)nc1OCc1ccccc1)CC2)N(C)N. The minimum Gasteiger partial charge on any atom is -0.473 e. The number of aromatic nitrogens is 1. The van der Waals surface area contributed by atoms with E-state index in [0.717, 1.165) is 32.4 Å². The third kappa shape index (κ3) is 5.61. The molecule has 9 heteroatoms. The van der Waals surface area contributed by atoms with Crippen molar-refractivity contribution in [2.75, 3.05) is 13.6 Å². The zero-order valence-corrected chi connectivity index (χ0v) is 23.8. The van der Waals surface area contributed by atoms with Crippen LogP contribution in [0, 0.1) is 13.8 Å². The Hall–Kier alpha value is -3.07. The van der Waals surface area contributed by atoms with Crippen molar-refractivity contribution < 1.29 is 9.53 Å². The molecule has 0 fully saturated rings. The lowest BCUT2D eigenvalue weighted by Gasteiger charge is -2.32. The van der Waals surface area contributed by atoms with Gasteiger partial charge < -0.3 is 20.4 Å². The largest absolute Gasteiger partial charge is 0.473 e. The summed E-state index contributed by atoms with van der Waals surface area (Å²) in [5.74, 6) is 6.43. The Morgan fingerprint density at radius 3 is 2.59 bits per heavy atom. The Balaban J connectivity index is 1.69. The molecule has 7 nitrogen and oxygen atoms in total. The van der Waals surface area contributed by atoms with Crippen LogP contribution in [0.2, 0.25) is 5.02 Å². The van der Waals surface area contributed by atoms with Gasteiger partial charge in [0.1, 0.15) is 6.61 Å². The number of carbonyl (C=O) groups excluding carboxylic acids is 1. The molecule has 0 spiro atoms. The first-order valence-corrected chi connectivity index (χ1v) is 13.1. The Kier molecular flexibility index (Phi) is 8.11. The first kappa shape index (κ1) is 27.0. The van der Waals surface area contributed by atoms with Gasteiger partial charge in [0.25, 0.3) is 5.91 Å². The highest BCUT2D eigenvalue weighted by atomic mass is 79.9. The number of hydrogen-bond donors (Lipinski definition) is 2. The van der Waals surface area contributed by atoms with Gasteiger partial charge in [0.05, 0.1) is 22.8 Å². The van der Waals surface area contributed by atoms with Crippen LogP contribution in [0.1, 0.15) is 50.8 Å². The van der Waals surface area contributed by atoms with E-state index in [1.54, 1.807) is 18.9 Å². The number of nitrogens with zero attached hydrogens (tertiary/aromatic N) is 3. The predicted octanol–water partition coefficient (Wildman–Crippen LogP) is 5.34. The van der Waals surface area contributed by atoms with Gasteiger partial charge in [0, 0.05) is 40.6 Å². The first-order chi connectivity index (χ1) is 17.6. The van der Waals surface area contributed by atoms with Gasteiger partial charge in [-0.1, -0.05) is 57.9 Å². The van der Waals surface area contributed by atoms with E-state index in [4.69, 9.17) is 27.9 Å². The third-order valence-electron chi connectivity index (χ3n) is 6.44. The summed E-state index contributed by atoms with van der Waals surface area (Å²) in [6.45, 7) is 6.99. The number of amides is 1. The molecule has 0 saturated heterocycles. The summed E-state index contributed by atoms with van der Waals surface area (Å²) < 4.78 is 6.96. The maximum Gasteiger partial charge on any atom is 0.256 e. The maximum absolute atomic E-state index is 13.8. The highest BCUT2D eigenvalue weighted by Gasteiger charge is 2.32. The highest BCUT2D eigenvalue weighted by Crippen LogP contribution is 2.39. The number of allylic oxidation sites excluding steroid dienone is 1. The van der Waals surface area contributed by atoms with Crippen molar-refractivity contribution in [1.82, 2.24) is 14.9 Å². The molecule has 194 valence electrons. The van der Waals surface area contributed by atoms with Crippen molar-refractivity contribution >= 4 is 39.1 Å². The van der Waals surface area contributed by atoms with E-state index < -0.39 is 0 Å². The van der Waals surface area contributed by atoms with Gasteiger partial charge >= 0.3 is 0 Å². The lowest BCUT2D eigenvalue weighted by molar-refractivity contribution is 0.0724. The molecule has 1 amide bonds. The number of carbonyl (C=O) groups is 1. The van der Waals surface area contributed by atoms with E-state index >= 15 is 0 Å². The quantitative estimate of drug-likeness (QED) is 0.287. The molecule has 2 heterocycles. The molecule has 1 aliphatic heterocycles. The Labute approximate surface area is 231 Å². The Morgan fingerprint density at radius 2 is 1.95 bits per heavy atom. The highest BCUT2D eigenvalue weighted by molar-refractivity contribution is 9.10. The molecule has 0 bridgehead atoms. The van der Waals surface area contributed by atoms with Crippen molar-refractivity contribution in [3.05, 3.63) is 96.7 Å². The Morgan fingerprint density at radius 1 is 1.24 bits per heavy atom. The number of aryl methyl sites for hydroxylation is 2. The molecule has 0 aliphatic carbocycles. The summed E-state index contributed by atoms with van der Waals surface area (Å²) in [5.41, 5.74) is 12.9. The molecule has 0 atom stereocenters. The topological polar surface area (TPSA) is 97.7 Å². The van der Waals surface area contributed by atoms with E-state index in [2.05, 4.69) is 20.9 Å². The molecule has 4 rings (SSSR count). The van der Waals surface area contributed by atoms with Gasteiger partial charge in [-0.25, -0.2) is 10.8 Å². The minimum absolute atomic E-state index is 0.156. The average molecular weight is 585 g/mol. The van der Waals surface area contributed by atoms with E-state index in [-0.39, 0.29) is 5.91 Å². The normalized spacial score (nSPS) is 13.8. The summed E-state index contributed by atoms with van der Waals surface area (Å²) in [6, 6.07) is 13.8. The van der Waals surface area contributed by atoms with Crippen LogP contribution in [0.15, 0.2) is 52.6 Å². The molecule has 37 heavy (non-hydrogen) atoms. The fourth-order valence-corrected chi connectivity index (χ4v) is 5.66. The van der Waals surface area contributed by atoms with Crippen molar-refractivity contribution in [1.29, 1.82) is 0 Å². The minimum atomic E-state index is -0.156. The van der Waals surface area contributed by atoms with Gasteiger partial charge in [0.2, 0.25) is 5.88 Å². The molecule has 1 aromatic heterocycles. The van der Waals surface area contributed by atoms with Crippen molar-refractivity contribution in [3.8, 4) is 5.88 Å². The van der Waals surface area contributed by atoms with Gasteiger partial charge in [-0.2, -0.15) is 0 Å². The van der Waals surface area contributed by atoms with Gasteiger partial charge in [-0.05, 0) is 56.0 Å². The van der Waals surface area contributed by atoms with Crippen LogP contribution in [0.5, 0.6) is 5.88 Å². The van der Waals surface area contributed by atoms with Gasteiger partial charge in [-0.15, -0.1) is 0 Å². The maximum atomic E-state index is 13.8. The van der Waals surface area contributed by atoms with E-state index in [1.807, 2.05) is 56.3 Å². The zero-order chi connectivity index (χ0) is 26.9. The van der Waals surface area contributed by atoms with Crippen LogP contribution >= 0.6 is 27.5 Å². The number of benzene rings is 2. The molecule has 2 aromatic carbocycles. The molecular formula is C28H31BrClN5O2. The fourth-order valence-electron chi connectivity index (χ4n) is 4.70. The van der Waals surface area contributed by atoms with E-state index in [0.29, 0.717) is 59.5 Å². The number of hydrazine groups is 1. The molecule has 0 radical (unpaired) electrons. The number of fused-ring (bicyclic) bond motifs is 1. The van der Waals surface area contributed by atoms with E-state index in [9.17, 15) is 4.79 Å². The molecule has 0 saturated carbocycles. The lowest BCUT2D eigenvalue weighted by Crippen LogP contribution is -2.38. The Bertz CT molecular complexity index is 1370. The second kappa shape index (κ2) is 11.1. The number of ether oxygens (including phenoxy) is 1.